The van der Waals surface area contributed by atoms with Crippen LogP contribution in [-0.2, 0) is 7.05 Å². The molecule has 86 valence electrons. The molecule has 1 atom stereocenters. The van der Waals surface area contributed by atoms with Gasteiger partial charge in [-0.3, -0.25) is 4.68 Å². The van der Waals surface area contributed by atoms with Gasteiger partial charge in [0.05, 0.1) is 12.3 Å². The molecule has 4 heteroatoms. The molecular weight excluding hydrogens is 190 g/mol. The van der Waals surface area contributed by atoms with Gasteiger partial charge in [0, 0.05) is 24.8 Å². The zero-order valence-electron chi connectivity index (χ0n) is 9.99. The summed E-state index contributed by atoms with van der Waals surface area (Å²) in [5.74, 6) is 0.604. The molecule has 0 saturated carbocycles. The lowest BCUT2D eigenvalue weighted by molar-refractivity contribution is 0.172. The number of nitrogens with zero attached hydrogens (tertiary/aromatic N) is 2. The molecule has 2 N–H and O–H groups in total. The number of aliphatic hydroxyl groups excluding tert-OH is 1. The number of aliphatic hydroxyl groups is 1. The maximum atomic E-state index is 9.91. The first-order valence-corrected chi connectivity index (χ1v) is 5.39. The Balaban J connectivity index is 2.47. The summed E-state index contributed by atoms with van der Waals surface area (Å²) in [6.07, 6.45) is 1.27. The highest BCUT2D eigenvalue weighted by Gasteiger charge is 2.13. The number of hydrogen-bond donors (Lipinski definition) is 2. The molecule has 1 aromatic heterocycles. The fourth-order valence-electron chi connectivity index (χ4n) is 1.46. The Morgan fingerprint density at radius 1 is 1.47 bits per heavy atom. The molecule has 0 saturated heterocycles. The highest BCUT2D eigenvalue weighted by Crippen LogP contribution is 2.15. The molecule has 0 fully saturated rings. The van der Waals surface area contributed by atoms with Crippen molar-refractivity contribution >= 4 is 0 Å². The standard InChI is InChI=1S/C11H21N3O/c1-8(2)5-12-7-11(15)10-6-13-14(4)9(10)3/h6,8,11-12,15H,5,7H2,1-4H3. The van der Waals surface area contributed by atoms with E-state index in [4.69, 9.17) is 0 Å². The maximum absolute atomic E-state index is 9.91. The van der Waals surface area contributed by atoms with Gasteiger partial charge in [-0.1, -0.05) is 13.8 Å². The molecule has 1 heterocycles. The third-order valence-corrected chi connectivity index (χ3v) is 2.52. The van der Waals surface area contributed by atoms with Gasteiger partial charge in [0.25, 0.3) is 0 Å². The lowest BCUT2D eigenvalue weighted by Crippen LogP contribution is -2.25. The van der Waals surface area contributed by atoms with Gasteiger partial charge < -0.3 is 10.4 Å². The van der Waals surface area contributed by atoms with Crippen molar-refractivity contribution in [3.63, 3.8) is 0 Å². The quantitative estimate of drug-likeness (QED) is 0.764. The summed E-state index contributed by atoms with van der Waals surface area (Å²) in [5.41, 5.74) is 1.93. The molecule has 1 unspecified atom stereocenters. The molecule has 0 spiro atoms. The van der Waals surface area contributed by atoms with Crippen LogP contribution >= 0.6 is 0 Å². The second-order valence-electron chi connectivity index (χ2n) is 4.38. The summed E-state index contributed by atoms with van der Waals surface area (Å²) < 4.78 is 1.78. The van der Waals surface area contributed by atoms with Crippen molar-refractivity contribution in [2.24, 2.45) is 13.0 Å². The SMILES string of the molecule is Cc1c(C(O)CNCC(C)C)cnn1C. The molecule has 0 aliphatic rings. The maximum Gasteiger partial charge on any atom is 0.0947 e. The fourth-order valence-corrected chi connectivity index (χ4v) is 1.46. The van der Waals surface area contributed by atoms with E-state index in [1.165, 1.54) is 0 Å². The van der Waals surface area contributed by atoms with Crippen LogP contribution in [0.4, 0.5) is 0 Å². The minimum atomic E-state index is -0.461. The van der Waals surface area contributed by atoms with Crippen molar-refractivity contribution in [2.75, 3.05) is 13.1 Å². The van der Waals surface area contributed by atoms with Crippen LogP contribution in [0.1, 0.15) is 31.2 Å². The Bertz CT molecular complexity index is 307. The van der Waals surface area contributed by atoms with Crippen LogP contribution in [-0.4, -0.2) is 28.0 Å². The summed E-state index contributed by atoms with van der Waals surface area (Å²) >= 11 is 0. The van der Waals surface area contributed by atoms with Gasteiger partial charge in [-0.15, -0.1) is 0 Å². The van der Waals surface area contributed by atoms with Crippen molar-refractivity contribution in [3.8, 4) is 0 Å². The van der Waals surface area contributed by atoms with Gasteiger partial charge in [-0.2, -0.15) is 5.10 Å². The van der Waals surface area contributed by atoms with Gasteiger partial charge >= 0.3 is 0 Å². The van der Waals surface area contributed by atoms with E-state index < -0.39 is 6.10 Å². The molecule has 0 aromatic carbocycles. The Kier molecular flexibility index (Phi) is 4.29. The monoisotopic (exact) mass is 211 g/mol. The summed E-state index contributed by atoms with van der Waals surface area (Å²) in [6.45, 7) is 7.78. The average molecular weight is 211 g/mol. The van der Waals surface area contributed by atoms with Gasteiger partial charge in [0.2, 0.25) is 0 Å². The second-order valence-corrected chi connectivity index (χ2v) is 4.38. The smallest absolute Gasteiger partial charge is 0.0947 e. The predicted molar refractivity (Wildman–Crippen MR) is 60.6 cm³/mol. The highest BCUT2D eigenvalue weighted by atomic mass is 16.3. The molecule has 15 heavy (non-hydrogen) atoms. The van der Waals surface area contributed by atoms with E-state index in [0.717, 1.165) is 17.8 Å². The largest absolute Gasteiger partial charge is 0.387 e. The molecule has 0 amide bonds. The van der Waals surface area contributed by atoms with Gasteiger partial charge in [-0.05, 0) is 19.4 Å². The normalized spacial score (nSPS) is 13.5. The van der Waals surface area contributed by atoms with E-state index in [-0.39, 0.29) is 0 Å². The molecule has 0 aliphatic carbocycles. The van der Waals surface area contributed by atoms with E-state index in [0.29, 0.717) is 12.5 Å². The number of nitrogens with one attached hydrogen (secondary N) is 1. The summed E-state index contributed by atoms with van der Waals surface area (Å²) in [7, 11) is 1.88. The fraction of sp³-hybridized carbons (Fsp3) is 0.727. The van der Waals surface area contributed by atoms with Gasteiger partial charge in [-0.25, -0.2) is 0 Å². The molecule has 0 radical (unpaired) electrons. The van der Waals surface area contributed by atoms with E-state index in [2.05, 4.69) is 24.3 Å². The van der Waals surface area contributed by atoms with E-state index in [1.54, 1.807) is 10.9 Å². The van der Waals surface area contributed by atoms with E-state index in [9.17, 15) is 5.11 Å². The first kappa shape index (κ1) is 12.2. The Morgan fingerprint density at radius 2 is 2.13 bits per heavy atom. The minimum Gasteiger partial charge on any atom is -0.387 e. The zero-order chi connectivity index (χ0) is 11.4. The third kappa shape index (κ3) is 3.32. The van der Waals surface area contributed by atoms with E-state index in [1.807, 2.05) is 14.0 Å². The van der Waals surface area contributed by atoms with Crippen LogP contribution < -0.4 is 5.32 Å². The first-order valence-electron chi connectivity index (χ1n) is 5.39. The van der Waals surface area contributed by atoms with Crippen molar-refractivity contribution in [1.82, 2.24) is 15.1 Å². The van der Waals surface area contributed by atoms with Gasteiger partial charge in [0.1, 0.15) is 0 Å². The highest BCUT2D eigenvalue weighted by molar-refractivity contribution is 5.18. The third-order valence-electron chi connectivity index (χ3n) is 2.52. The molecule has 1 rings (SSSR count). The lowest BCUT2D eigenvalue weighted by atomic mass is 10.1. The molecule has 4 nitrogen and oxygen atoms in total. The van der Waals surface area contributed by atoms with Crippen LogP contribution in [0.5, 0.6) is 0 Å². The minimum absolute atomic E-state index is 0.461. The number of rotatable bonds is 5. The topological polar surface area (TPSA) is 50.1 Å². The Hall–Kier alpha value is -0.870. The predicted octanol–water partition coefficient (Wildman–Crippen LogP) is 1.01. The van der Waals surface area contributed by atoms with Crippen molar-refractivity contribution in [3.05, 3.63) is 17.5 Å². The van der Waals surface area contributed by atoms with Crippen molar-refractivity contribution < 1.29 is 5.11 Å². The Labute approximate surface area is 91.3 Å². The zero-order valence-corrected chi connectivity index (χ0v) is 9.99. The average Bonchev–Trinajstić information content (AvgIpc) is 2.47. The van der Waals surface area contributed by atoms with Crippen LogP contribution in [0.15, 0.2) is 6.20 Å². The molecule has 1 aromatic rings. The summed E-state index contributed by atoms with van der Waals surface area (Å²) in [5, 5.41) is 17.3. The molecular formula is C11H21N3O. The van der Waals surface area contributed by atoms with Crippen LogP contribution in [0.3, 0.4) is 0 Å². The van der Waals surface area contributed by atoms with E-state index >= 15 is 0 Å². The van der Waals surface area contributed by atoms with Crippen molar-refractivity contribution in [1.29, 1.82) is 0 Å². The number of aryl methyl sites for hydroxylation is 1. The van der Waals surface area contributed by atoms with Crippen LogP contribution in [0.2, 0.25) is 0 Å². The van der Waals surface area contributed by atoms with Gasteiger partial charge in [0.15, 0.2) is 0 Å². The summed E-state index contributed by atoms with van der Waals surface area (Å²) in [6, 6.07) is 0. The van der Waals surface area contributed by atoms with Crippen molar-refractivity contribution in [2.45, 2.75) is 26.9 Å². The Morgan fingerprint density at radius 3 is 2.60 bits per heavy atom. The summed E-state index contributed by atoms with van der Waals surface area (Å²) in [4.78, 5) is 0. The van der Waals surface area contributed by atoms with Crippen LogP contribution in [0, 0.1) is 12.8 Å². The first-order chi connectivity index (χ1) is 7.02. The molecule has 0 bridgehead atoms. The number of aromatic nitrogens is 2. The lowest BCUT2D eigenvalue weighted by Gasteiger charge is -2.12. The molecule has 0 aliphatic heterocycles. The number of hydrogen-bond acceptors (Lipinski definition) is 3. The second kappa shape index (κ2) is 5.28. The van der Waals surface area contributed by atoms with Crippen LogP contribution in [0.25, 0.3) is 0 Å².